The zero-order valence-electron chi connectivity index (χ0n) is 23.7. The summed E-state index contributed by atoms with van der Waals surface area (Å²) in [5, 5.41) is 7.09. The normalized spacial score (nSPS) is 25.8. The summed E-state index contributed by atoms with van der Waals surface area (Å²) in [6.07, 6.45) is 7.05. The summed E-state index contributed by atoms with van der Waals surface area (Å²) in [5.41, 5.74) is 1.71. The number of nitrogens with zero attached hydrogens (tertiary/aromatic N) is 4. The largest absolute Gasteiger partial charge is 0.378 e. The summed E-state index contributed by atoms with van der Waals surface area (Å²) in [6, 6.07) is 7.94. The van der Waals surface area contributed by atoms with E-state index in [0.717, 1.165) is 30.4 Å². The van der Waals surface area contributed by atoms with Crippen molar-refractivity contribution < 1.29 is 14.3 Å². The third-order valence-corrected chi connectivity index (χ3v) is 8.29. The number of para-hydroxylation sites is 2. The van der Waals surface area contributed by atoms with Crippen molar-refractivity contribution in [2.24, 2.45) is 11.8 Å². The van der Waals surface area contributed by atoms with E-state index in [1.165, 1.54) is 0 Å². The highest BCUT2D eigenvalue weighted by Crippen LogP contribution is 2.25. The molecule has 2 fully saturated rings. The van der Waals surface area contributed by atoms with Crippen LogP contribution < -0.4 is 10.6 Å². The summed E-state index contributed by atoms with van der Waals surface area (Å²) in [7, 11) is 0. The van der Waals surface area contributed by atoms with Gasteiger partial charge in [0.1, 0.15) is 0 Å². The van der Waals surface area contributed by atoms with Gasteiger partial charge in [0.15, 0.2) is 5.82 Å². The predicted octanol–water partition coefficient (Wildman–Crippen LogP) is 2.67. The van der Waals surface area contributed by atoms with Gasteiger partial charge in [-0.1, -0.05) is 38.1 Å². The van der Waals surface area contributed by atoms with Crippen molar-refractivity contribution in [1.82, 2.24) is 30.0 Å². The van der Waals surface area contributed by atoms with E-state index >= 15 is 0 Å². The Hall–Kier alpha value is -2.75. The topological polar surface area (TPSA) is 91.7 Å². The maximum atomic E-state index is 14.4. The molecule has 1 aromatic carbocycles. The van der Waals surface area contributed by atoms with Gasteiger partial charge >= 0.3 is 0 Å². The van der Waals surface area contributed by atoms with Gasteiger partial charge in [0.25, 0.3) is 5.91 Å². The second-order valence-corrected chi connectivity index (χ2v) is 11.9. The van der Waals surface area contributed by atoms with E-state index < -0.39 is 0 Å². The number of carbonyl (C=O) groups excluding carboxylic acids is 2. The van der Waals surface area contributed by atoms with E-state index in [4.69, 9.17) is 9.72 Å². The number of piperidine rings is 1. The second-order valence-electron chi connectivity index (χ2n) is 11.9. The number of fused-ring (bicyclic) bond motifs is 1. The molecule has 0 saturated carbocycles. The Morgan fingerprint density at radius 1 is 1.21 bits per heavy atom. The molecule has 3 atom stereocenters. The highest BCUT2D eigenvalue weighted by Gasteiger charge is 2.37. The van der Waals surface area contributed by atoms with Crippen LogP contribution in [0.5, 0.6) is 0 Å². The first-order valence-electron chi connectivity index (χ1n) is 14.6. The molecule has 9 nitrogen and oxygen atoms in total. The molecule has 0 spiro atoms. The van der Waals surface area contributed by atoms with Crippen molar-refractivity contribution in [3.05, 3.63) is 42.2 Å². The Morgan fingerprint density at radius 3 is 2.74 bits per heavy atom. The molecule has 9 heteroatoms. The molecule has 0 radical (unpaired) electrons. The van der Waals surface area contributed by atoms with Crippen LogP contribution in [0.3, 0.4) is 0 Å². The Morgan fingerprint density at radius 2 is 2.00 bits per heavy atom. The highest BCUT2D eigenvalue weighted by atomic mass is 16.5. The monoisotopic (exact) mass is 536 g/mol. The number of hydrogen-bond donors (Lipinski definition) is 2. The molecule has 2 saturated heterocycles. The molecule has 3 aliphatic heterocycles. The van der Waals surface area contributed by atoms with Crippen LogP contribution in [-0.2, 0) is 16.1 Å². The first-order valence-corrected chi connectivity index (χ1v) is 14.6. The average molecular weight is 537 g/mol. The zero-order valence-corrected chi connectivity index (χ0v) is 23.7. The van der Waals surface area contributed by atoms with Crippen molar-refractivity contribution in [3.63, 3.8) is 0 Å². The minimum atomic E-state index is -0.146. The Balaban J connectivity index is 1.40. The Labute approximate surface area is 231 Å². The molecular formula is C30H44N6O3. The summed E-state index contributed by atoms with van der Waals surface area (Å²) >= 11 is 0. The maximum Gasteiger partial charge on any atom is 0.290 e. The van der Waals surface area contributed by atoms with E-state index in [0.29, 0.717) is 64.7 Å². The lowest BCUT2D eigenvalue weighted by atomic mass is 9.92. The predicted molar refractivity (Wildman–Crippen MR) is 153 cm³/mol. The van der Waals surface area contributed by atoms with Gasteiger partial charge in [-0.25, -0.2) is 4.98 Å². The summed E-state index contributed by atoms with van der Waals surface area (Å²) < 4.78 is 7.55. The Kier molecular flexibility index (Phi) is 8.69. The van der Waals surface area contributed by atoms with E-state index in [2.05, 4.69) is 54.2 Å². The molecule has 1 aromatic heterocycles. The molecule has 212 valence electrons. The minimum Gasteiger partial charge on any atom is -0.378 e. The molecule has 2 aromatic rings. The SMILES string of the molecule is CC(C)CN(C(=O)c1nc2ccccc2n1CCC1(C)C=CCCN1)[C@@H]1CNC[C@H](C(=O)N2CCOCC2)C1. The Bertz CT molecular complexity index is 1190. The van der Waals surface area contributed by atoms with Crippen LogP contribution in [0.4, 0.5) is 0 Å². The van der Waals surface area contributed by atoms with Crippen molar-refractivity contribution in [2.45, 2.75) is 58.2 Å². The van der Waals surface area contributed by atoms with Gasteiger partial charge in [0.05, 0.1) is 30.2 Å². The van der Waals surface area contributed by atoms with E-state index in [1.807, 2.05) is 28.0 Å². The molecule has 3 aliphatic rings. The molecule has 2 amide bonds. The van der Waals surface area contributed by atoms with Gasteiger partial charge < -0.3 is 29.7 Å². The number of nitrogens with one attached hydrogen (secondary N) is 2. The third kappa shape index (κ3) is 6.36. The van der Waals surface area contributed by atoms with Crippen LogP contribution in [-0.4, -0.2) is 95.2 Å². The van der Waals surface area contributed by atoms with Crippen molar-refractivity contribution in [1.29, 1.82) is 0 Å². The second kappa shape index (κ2) is 12.2. The fourth-order valence-corrected chi connectivity index (χ4v) is 6.13. The van der Waals surface area contributed by atoms with Gasteiger partial charge in [0, 0.05) is 50.8 Å². The fourth-order valence-electron chi connectivity index (χ4n) is 6.13. The van der Waals surface area contributed by atoms with Crippen LogP contribution in [0.1, 0.15) is 50.7 Å². The quantitative estimate of drug-likeness (QED) is 0.504. The van der Waals surface area contributed by atoms with Gasteiger partial charge in [-0.15, -0.1) is 0 Å². The number of hydrogen-bond acceptors (Lipinski definition) is 6. The summed E-state index contributed by atoms with van der Waals surface area (Å²) in [6.45, 7) is 12.5. The van der Waals surface area contributed by atoms with E-state index in [1.54, 1.807) is 0 Å². The maximum absolute atomic E-state index is 14.4. The first-order chi connectivity index (χ1) is 18.8. The van der Waals surface area contributed by atoms with Crippen molar-refractivity contribution in [2.75, 3.05) is 52.5 Å². The summed E-state index contributed by atoms with van der Waals surface area (Å²) in [4.78, 5) is 36.4. The van der Waals surface area contributed by atoms with E-state index in [-0.39, 0.29) is 35.2 Å². The highest BCUT2D eigenvalue weighted by molar-refractivity contribution is 5.95. The zero-order chi connectivity index (χ0) is 27.4. The molecular weight excluding hydrogens is 492 g/mol. The number of aryl methyl sites for hydroxylation is 1. The van der Waals surface area contributed by atoms with Gasteiger partial charge in [-0.05, 0) is 50.8 Å². The number of imidazole rings is 1. The van der Waals surface area contributed by atoms with Crippen molar-refractivity contribution in [3.8, 4) is 0 Å². The summed E-state index contributed by atoms with van der Waals surface area (Å²) in [5.74, 6) is 0.746. The number of ether oxygens (including phenoxy) is 1. The molecule has 0 aliphatic carbocycles. The van der Waals surface area contributed by atoms with Gasteiger partial charge in [0.2, 0.25) is 5.91 Å². The fraction of sp³-hybridized carbons (Fsp3) is 0.633. The average Bonchev–Trinajstić information content (AvgIpc) is 3.33. The lowest BCUT2D eigenvalue weighted by Gasteiger charge is -2.40. The van der Waals surface area contributed by atoms with Gasteiger partial charge in [-0.3, -0.25) is 9.59 Å². The van der Waals surface area contributed by atoms with Gasteiger partial charge in [-0.2, -0.15) is 0 Å². The number of amides is 2. The minimum absolute atomic E-state index is 0.0523. The van der Waals surface area contributed by atoms with Crippen LogP contribution >= 0.6 is 0 Å². The third-order valence-electron chi connectivity index (χ3n) is 8.29. The number of carbonyl (C=O) groups is 2. The smallest absolute Gasteiger partial charge is 0.290 e. The number of rotatable bonds is 8. The number of morpholine rings is 1. The molecule has 5 rings (SSSR count). The number of benzene rings is 1. The lowest BCUT2D eigenvalue weighted by molar-refractivity contribution is -0.140. The molecule has 1 unspecified atom stereocenters. The number of aromatic nitrogens is 2. The van der Waals surface area contributed by atoms with Crippen molar-refractivity contribution >= 4 is 22.8 Å². The standard InChI is InChI=1S/C30H44N6O3/c1-22(2)21-36(24-18-23(19-31-20-24)28(37)34-14-16-39-17-15-34)29(38)27-33-25-8-4-5-9-26(25)35(27)13-11-30(3)10-6-7-12-32-30/h4-6,8-10,22-24,31-32H,7,11-21H2,1-3H3/t23-,24+,30?/m1/s1. The molecule has 4 heterocycles. The molecule has 39 heavy (non-hydrogen) atoms. The molecule has 0 bridgehead atoms. The van der Waals surface area contributed by atoms with Crippen LogP contribution in [0.25, 0.3) is 11.0 Å². The molecule has 2 N–H and O–H groups in total. The van der Waals surface area contributed by atoms with Crippen LogP contribution in [0.2, 0.25) is 0 Å². The van der Waals surface area contributed by atoms with Crippen LogP contribution in [0.15, 0.2) is 36.4 Å². The van der Waals surface area contributed by atoms with E-state index in [9.17, 15) is 9.59 Å². The first kappa shape index (κ1) is 27.8. The lowest BCUT2D eigenvalue weighted by Crippen LogP contribution is -2.56. The van der Waals surface area contributed by atoms with Crippen LogP contribution in [0, 0.1) is 11.8 Å².